The minimum absolute atomic E-state index is 0.0402. The molecule has 3 atom stereocenters. The van der Waals surface area contributed by atoms with Crippen molar-refractivity contribution in [2.45, 2.75) is 69.9 Å². The lowest BCUT2D eigenvalue weighted by Gasteiger charge is -2.39. The van der Waals surface area contributed by atoms with Gasteiger partial charge in [-0.2, -0.15) is 0 Å². The van der Waals surface area contributed by atoms with E-state index in [1.807, 2.05) is 43.3 Å². The van der Waals surface area contributed by atoms with Gasteiger partial charge in [-0.3, -0.25) is 24.3 Å². The predicted molar refractivity (Wildman–Crippen MR) is 131 cm³/mol. The molecular weight excluding hydrogens is 438 g/mol. The Balaban J connectivity index is 1.33. The zero-order chi connectivity index (χ0) is 24.2. The first-order chi connectivity index (χ1) is 16.9. The van der Waals surface area contributed by atoms with Crippen LogP contribution in [-0.4, -0.2) is 45.1 Å². The summed E-state index contributed by atoms with van der Waals surface area (Å²) in [7, 11) is 0. The number of benzene rings is 1. The van der Waals surface area contributed by atoms with Gasteiger partial charge < -0.3 is 4.90 Å². The van der Waals surface area contributed by atoms with Crippen LogP contribution < -0.4 is 0 Å². The molecule has 182 valence electrons. The average Bonchev–Trinajstić information content (AvgIpc) is 2.94. The second-order valence-electron chi connectivity index (χ2n) is 11.4. The SMILES string of the molecule is Cc1ccccc1C1(CC(=O)N2CC3CC4CC(C3)CC2C4)CC(=O)N(Cc2ccncc2)C1=O. The van der Waals surface area contributed by atoms with Crippen molar-refractivity contribution in [1.29, 1.82) is 0 Å². The van der Waals surface area contributed by atoms with Crippen LogP contribution in [0.1, 0.15) is 61.6 Å². The normalized spacial score (nSPS) is 31.8. The van der Waals surface area contributed by atoms with Crippen LogP contribution in [0.5, 0.6) is 0 Å². The smallest absolute Gasteiger partial charge is 0.241 e. The number of likely N-dealkylation sites (tertiary alicyclic amines) is 1. The molecule has 7 rings (SSSR count). The molecule has 1 aromatic carbocycles. The van der Waals surface area contributed by atoms with Crippen molar-refractivity contribution in [2.24, 2.45) is 17.8 Å². The fourth-order valence-corrected chi connectivity index (χ4v) is 7.63. The lowest BCUT2D eigenvalue weighted by atomic mass is 9.68. The summed E-state index contributed by atoms with van der Waals surface area (Å²) in [5.74, 6) is 1.64. The summed E-state index contributed by atoms with van der Waals surface area (Å²) >= 11 is 0. The molecule has 2 aromatic rings. The van der Waals surface area contributed by atoms with Crippen LogP contribution in [-0.2, 0) is 26.3 Å². The van der Waals surface area contributed by atoms with E-state index in [0.29, 0.717) is 5.92 Å². The topological polar surface area (TPSA) is 70.6 Å². The average molecular weight is 472 g/mol. The largest absolute Gasteiger partial charge is 0.339 e. The van der Waals surface area contributed by atoms with Gasteiger partial charge in [0.15, 0.2) is 0 Å². The zero-order valence-electron chi connectivity index (χ0n) is 20.4. The van der Waals surface area contributed by atoms with Gasteiger partial charge in [0, 0.05) is 37.8 Å². The van der Waals surface area contributed by atoms with Crippen molar-refractivity contribution < 1.29 is 14.4 Å². The molecule has 4 heterocycles. The van der Waals surface area contributed by atoms with Crippen LogP contribution >= 0.6 is 0 Å². The number of rotatable bonds is 5. The molecule has 3 aliphatic heterocycles. The molecular formula is C29H33N3O3. The lowest BCUT2D eigenvalue weighted by Crippen LogP contribution is -2.47. The van der Waals surface area contributed by atoms with Crippen LogP contribution in [0.4, 0.5) is 0 Å². The summed E-state index contributed by atoms with van der Waals surface area (Å²) in [5.41, 5.74) is 1.47. The van der Waals surface area contributed by atoms with Crippen LogP contribution in [0.15, 0.2) is 48.8 Å². The van der Waals surface area contributed by atoms with Gasteiger partial charge in [0.2, 0.25) is 17.7 Å². The molecule has 3 saturated heterocycles. The third-order valence-electron chi connectivity index (χ3n) is 9.04. The Morgan fingerprint density at radius 1 is 0.971 bits per heavy atom. The van der Waals surface area contributed by atoms with E-state index < -0.39 is 5.41 Å². The Kier molecular flexibility index (Phi) is 5.50. The van der Waals surface area contributed by atoms with Crippen molar-refractivity contribution in [3.05, 3.63) is 65.5 Å². The highest BCUT2D eigenvalue weighted by atomic mass is 16.2. The van der Waals surface area contributed by atoms with Crippen LogP contribution in [0, 0.1) is 24.7 Å². The summed E-state index contributed by atoms with van der Waals surface area (Å²) in [6, 6.07) is 11.7. The summed E-state index contributed by atoms with van der Waals surface area (Å²) in [6.07, 6.45) is 9.41. The number of hydrogen-bond acceptors (Lipinski definition) is 4. The van der Waals surface area contributed by atoms with Gasteiger partial charge >= 0.3 is 0 Å². The Hall–Kier alpha value is -3.02. The van der Waals surface area contributed by atoms with Gasteiger partial charge in [-0.25, -0.2) is 0 Å². The number of hydrogen-bond donors (Lipinski definition) is 0. The number of fused-ring (bicyclic) bond motifs is 1. The van der Waals surface area contributed by atoms with Gasteiger partial charge in [-0.15, -0.1) is 0 Å². The first-order valence-corrected chi connectivity index (χ1v) is 13.0. The number of imide groups is 1. The van der Waals surface area contributed by atoms with E-state index in [1.54, 1.807) is 12.4 Å². The molecule has 0 spiro atoms. The molecule has 3 unspecified atom stereocenters. The maximum Gasteiger partial charge on any atom is 0.241 e. The molecule has 2 aliphatic carbocycles. The number of carbonyl (C=O) groups is 3. The summed E-state index contributed by atoms with van der Waals surface area (Å²) in [6.45, 7) is 2.99. The molecule has 5 fully saturated rings. The number of pyridine rings is 1. The Morgan fingerprint density at radius 3 is 2.37 bits per heavy atom. The van der Waals surface area contributed by atoms with E-state index in [2.05, 4.69) is 9.88 Å². The van der Waals surface area contributed by atoms with E-state index in [-0.39, 0.29) is 43.1 Å². The van der Waals surface area contributed by atoms with Gasteiger partial charge in [0.25, 0.3) is 0 Å². The Bertz CT molecular complexity index is 1150. The van der Waals surface area contributed by atoms with Crippen molar-refractivity contribution in [3.8, 4) is 0 Å². The van der Waals surface area contributed by atoms with E-state index in [0.717, 1.165) is 47.9 Å². The summed E-state index contributed by atoms with van der Waals surface area (Å²) in [4.78, 5) is 48.9. The lowest BCUT2D eigenvalue weighted by molar-refractivity contribution is -0.144. The number of aromatic nitrogens is 1. The predicted octanol–water partition coefficient (Wildman–Crippen LogP) is 4.01. The molecule has 6 nitrogen and oxygen atoms in total. The van der Waals surface area contributed by atoms with Gasteiger partial charge in [0.05, 0.1) is 12.0 Å². The summed E-state index contributed by atoms with van der Waals surface area (Å²) in [5, 5.41) is 0. The molecule has 4 bridgehead atoms. The molecule has 1 aromatic heterocycles. The fourth-order valence-electron chi connectivity index (χ4n) is 7.63. The number of carbonyl (C=O) groups excluding carboxylic acids is 3. The molecule has 6 heteroatoms. The molecule has 5 aliphatic rings. The molecule has 3 amide bonds. The van der Waals surface area contributed by atoms with Gasteiger partial charge in [0.1, 0.15) is 0 Å². The number of aryl methyl sites for hydroxylation is 1. The van der Waals surface area contributed by atoms with Crippen molar-refractivity contribution in [2.75, 3.05) is 6.54 Å². The molecule has 0 radical (unpaired) electrons. The van der Waals surface area contributed by atoms with Crippen LogP contribution in [0.2, 0.25) is 0 Å². The number of nitrogens with zero attached hydrogens (tertiary/aromatic N) is 3. The Labute approximate surface area is 206 Å². The second kappa shape index (κ2) is 8.58. The Morgan fingerprint density at radius 2 is 1.66 bits per heavy atom. The van der Waals surface area contributed by atoms with Crippen molar-refractivity contribution in [1.82, 2.24) is 14.8 Å². The van der Waals surface area contributed by atoms with Crippen LogP contribution in [0.25, 0.3) is 0 Å². The second-order valence-corrected chi connectivity index (χ2v) is 11.4. The first-order valence-electron chi connectivity index (χ1n) is 13.0. The van der Waals surface area contributed by atoms with E-state index in [4.69, 9.17) is 0 Å². The maximum atomic E-state index is 14.1. The van der Waals surface area contributed by atoms with Gasteiger partial charge in [-0.1, -0.05) is 24.3 Å². The van der Waals surface area contributed by atoms with E-state index >= 15 is 0 Å². The monoisotopic (exact) mass is 471 g/mol. The van der Waals surface area contributed by atoms with Gasteiger partial charge in [-0.05, 0) is 85.6 Å². The maximum absolute atomic E-state index is 14.1. The highest BCUT2D eigenvalue weighted by Crippen LogP contribution is 2.49. The minimum atomic E-state index is -1.14. The minimum Gasteiger partial charge on any atom is -0.339 e. The standard InChI is InChI=1S/C29H33N3O3/c1-19-4-2-3-5-25(19)29(16-27(34)32(28(29)35)17-20-6-8-30-9-7-20)15-26(33)31-18-23-11-21-10-22(12-23)14-24(31)13-21/h2-9,21-24H,10-18H2,1H3. The van der Waals surface area contributed by atoms with Crippen molar-refractivity contribution in [3.63, 3.8) is 0 Å². The summed E-state index contributed by atoms with van der Waals surface area (Å²) < 4.78 is 0. The van der Waals surface area contributed by atoms with E-state index in [1.165, 1.54) is 24.2 Å². The third-order valence-corrected chi connectivity index (χ3v) is 9.04. The quantitative estimate of drug-likeness (QED) is 0.618. The van der Waals surface area contributed by atoms with Crippen molar-refractivity contribution >= 4 is 17.7 Å². The van der Waals surface area contributed by atoms with Crippen LogP contribution in [0.3, 0.4) is 0 Å². The molecule has 35 heavy (non-hydrogen) atoms. The van der Waals surface area contributed by atoms with E-state index in [9.17, 15) is 14.4 Å². The zero-order valence-corrected chi connectivity index (χ0v) is 20.4. The first kappa shape index (κ1) is 22.4. The third kappa shape index (κ3) is 3.87. The highest BCUT2D eigenvalue weighted by molar-refractivity contribution is 6.10. The molecule has 2 saturated carbocycles. The highest BCUT2D eigenvalue weighted by Gasteiger charge is 2.55. The molecule has 0 N–H and O–H groups in total. The fraction of sp³-hybridized carbons (Fsp3) is 0.517. The number of amides is 3.